The molecule has 1 aliphatic rings. The minimum atomic E-state index is -4.66. The summed E-state index contributed by atoms with van der Waals surface area (Å²) < 4.78 is 77.0. The molecule has 34 heavy (non-hydrogen) atoms. The molecule has 3 aromatic carbocycles. The zero-order chi connectivity index (χ0) is 24.8. The quantitative estimate of drug-likeness (QED) is 0.377. The van der Waals surface area contributed by atoms with Crippen LogP contribution in [0.15, 0.2) is 51.8 Å². The van der Waals surface area contributed by atoms with E-state index in [1.54, 1.807) is 6.92 Å². The molecule has 0 unspecified atom stereocenters. The molecule has 7 nitrogen and oxygen atoms in total. The Kier molecular flexibility index (Phi) is 6.21. The van der Waals surface area contributed by atoms with E-state index in [0.717, 1.165) is 24.3 Å². The number of sulfonamides is 1. The summed E-state index contributed by atoms with van der Waals surface area (Å²) in [6, 6.07) is 6.70. The van der Waals surface area contributed by atoms with Gasteiger partial charge in [-0.05, 0) is 59.3 Å². The number of phenols is 1. The molecule has 0 aromatic heterocycles. The second-order valence-corrected chi connectivity index (χ2v) is 10.0. The van der Waals surface area contributed by atoms with Gasteiger partial charge in [0.1, 0.15) is 40.0 Å². The number of amides is 1. The van der Waals surface area contributed by atoms with Gasteiger partial charge in [0.2, 0.25) is 0 Å². The third-order valence-corrected chi connectivity index (χ3v) is 6.97. The van der Waals surface area contributed by atoms with Gasteiger partial charge in [-0.1, -0.05) is 0 Å². The summed E-state index contributed by atoms with van der Waals surface area (Å²) in [5, 5.41) is 12.9. The van der Waals surface area contributed by atoms with Crippen LogP contribution < -0.4 is 14.8 Å². The predicted octanol–water partition coefficient (Wildman–Crippen LogP) is 4.55. The number of halogens is 4. The van der Waals surface area contributed by atoms with Crippen molar-refractivity contribution in [2.75, 3.05) is 11.3 Å². The Hall–Kier alpha value is -3.25. The van der Waals surface area contributed by atoms with Crippen LogP contribution in [0.4, 0.5) is 18.9 Å². The molecule has 0 aliphatic carbocycles. The fourth-order valence-electron chi connectivity index (χ4n) is 3.36. The average molecular weight is 557 g/mol. The van der Waals surface area contributed by atoms with Crippen LogP contribution in [0, 0.1) is 17.5 Å². The first-order valence-corrected chi connectivity index (χ1v) is 12.0. The van der Waals surface area contributed by atoms with Gasteiger partial charge in [-0.3, -0.25) is 9.52 Å². The lowest BCUT2D eigenvalue weighted by Crippen LogP contribution is -2.33. The number of rotatable bonds is 0. The number of carbonyl (C=O) groups is 1. The molecule has 12 heteroatoms. The minimum Gasteiger partial charge on any atom is -0.505 e. The second-order valence-electron chi connectivity index (χ2n) is 7.50. The van der Waals surface area contributed by atoms with Gasteiger partial charge in [-0.2, -0.15) is 0 Å². The van der Waals surface area contributed by atoms with Gasteiger partial charge >= 0.3 is 0 Å². The molecule has 3 N–H and O–H groups in total. The maximum Gasteiger partial charge on any atom is 0.265 e. The molecule has 1 aliphatic heterocycles. The van der Waals surface area contributed by atoms with E-state index in [2.05, 4.69) is 21.2 Å². The summed E-state index contributed by atoms with van der Waals surface area (Å²) in [4.78, 5) is 11.9. The third-order valence-electron chi connectivity index (χ3n) is 4.99. The first-order valence-electron chi connectivity index (χ1n) is 9.75. The van der Waals surface area contributed by atoms with Gasteiger partial charge < -0.3 is 15.2 Å². The van der Waals surface area contributed by atoms with E-state index in [9.17, 15) is 31.5 Å². The Morgan fingerprint density at radius 2 is 1.79 bits per heavy atom. The van der Waals surface area contributed by atoms with Crippen molar-refractivity contribution in [3.8, 4) is 22.6 Å². The van der Waals surface area contributed by atoms with Crippen molar-refractivity contribution in [3.63, 3.8) is 0 Å². The normalized spacial score (nSPS) is 17.3. The highest BCUT2D eigenvalue weighted by atomic mass is 79.9. The molecule has 0 radical (unpaired) electrons. The van der Waals surface area contributed by atoms with Crippen LogP contribution in [-0.4, -0.2) is 32.1 Å². The smallest absolute Gasteiger partial charge is 0.265 e. The van der Waals surface area contributed by atoms with Crippen LogP contribution in [0.2, 0.25) is 0 Å². The van der Waals surface area contributed by atoms with E-state index >= 15 is 0 Å². The lowest BCUT2D eigenvalue weighted by atomic mass is 10.0. The van der Waals surface area contributed by atoms with Crippen LogP contribution in [0.25, 0.3) is 11.1 Å². The number of benzene rings is 3. The molecule has 1 amide bonds. The summed E-state index contributed by atoms with van der Waals surface area (Å²) >= 11 is 3.00. The molecule has 178 valence electrons. The zero-order valence-electron chi connectivity index (χ0n) is 17.3. The highest BCUT2D eigenvalue weighted by Crippen LogP contribution is 2.38. The van der Waals surface area contributed by atoms with E-state index in [1.807, 2.05) is 4.72 Å². The Labute approximate surface area is 200 Å². The summed E-state index contributed by atoms with van der Waals surface area (Å²) in [5.74, 6) is -4.46. The summed E-state index contributed by atoms with van der Waals surface area (Å²) in [6.45, 7) is 1.55. The number of nitrogens with one attached hydrogen (secondary N) is 2. The van der Waals surface area contributed by atoms with Gasteiger partial charge in [0.25, 0.3) is 15.9 Å². The van der Waals surface area contributed by atoms with Gasteiger partial charge in [-0.15, -0.1) is 0 Å². The molecule has 0 saturated carbocycles. The lowest BCUT2D eigenvalue weighted by Gasteiger charge is -2.19. The molecule has 0 spiro atoms. The Morgan fingerprint density at radius 1 is 1.06 bits per heavy atom. The van der Waals surface area contributed by atoms with Crippen molar-refractivity contribution in [2.45, 2.75) is 17.9 Å². The second kappa shape index (κ2) is 8.84. The molecule has 1 heterocycles. The SMILES string of the molecule is C[C@H]1CNC(=O)c2cc(Br)c(O)c(c2)S(=O)(=O)Nc2cc(c(F)cc2F)-c2cc(F)ccc2O1. The van der Waals surface area contributed by atoms with Crippen LogP contribution in [0.1, 0.15) is 17.3 Å². The number of anilines is 1. The van der Waals surface area contributed by atoms with Crippen LogP contribution in [0.3, 0.4) is 0 Å². The van der Waals surface area contributed by atoms with Crippen molar-refractivity contribution in [1.82, 2.24) is 5.32 Å². The molecular weight excluding hydrogens is 541 g/mol. The average Bonchev–Trinajstić information content (AvgIpc) is 2.76. The van der Waals surface area contributed by atoms with Crippen molar-refractivity contribution in [2.24, 2.45) is 0 Å². The van der Waals surface area contributed by atoms with Crippen molar-refractivity contribution in [3.05, 3.63) is 70.0 Å². The lowest BCUT2D eigenvalue weighted by molar-refractivity contribution is 0.0932. The largest absolute Gasteiger partial charge is 0.505 e. The van der Waals surface area contributed by atoms with E-state index < -0.39 is 55.8 Å². The van der Waals surface area contributed by atoms with E-state index in [-0.39, 0.29) is 33.5 Å². The molecule has 4 bridgehead atoms. The number of ether oxygens (including phenoxy) is 1. The summed E-state index contributed by atoms with van der Waals surface area (Å²) in [6.07, 6.45) is -0.678. The maximum atomic E-state index is 14.7. The predicted molar refractivity (Wildman–Crippen MR) is 121 cm³/mol. The van der Waals surface area contributed by atoms with Crippen LogP contribution in [-0.2, 0) is 10.0 Å². The Morgan fingerprint density at radius 3 is 2.53 bits per heavy atom. The first-order chi connectivity index (χ1) is 16.0. The van der Waals surface area contributed by atoms with Crippen molar-refractivity contribution in [1.29, 1.82) is 0 Å². The van der Waals surface area contributed by atoms with Crippen molar-refractivity contribution < 1.29 is 36.2 Å². The zero-order valence-corrected chi connectivity index (χ0v) is 19.7. The van der Waals surface area contributed by atoms with Crippen LogP contribution >= 0.6 is 15.9 Å². The fourth-order valence-corrected chi connectivity index (χ4v) is 5.15. The molecule has 0 saturated heterocycles. The number of phenolic OH excluding ortho intramolecular Hbond substituents is 1. The van der Waals surface area contributed by atoms with Gasteiger partial charge in [0, 0.05) is 22.8 Å². The van der Waals surface area contributed by atoms with E-state index in [4.69, 9.17) is 4.74 Å². The molecule has 0 fully saturated rings. The van der Waals surface area contributed by atoms with Gasteiger partial charge in [-0.25, -0.2) is 21.6 Å². The number of hydrogen-bond donors (Lipinski definition) is 3. The number of aromatic hydroxyl groups is 1. The Balaban J connectivity index is 1.97. The number of carbonyl (C=O) groups excluding carboxylic acids is 1. The van der Waals surface area contributed by atoms with Gasteiger partial charge in [0.05, 0.1) is 16.7 Å². The molecule has 3 aromatic rings. The van der Waals surface area contributed by atoms with Crippen molar-refractivity contribution >= 4 is 37.5 Å². The van der Waals surface area contributed by atoms with E-state index in [0.29, 0.717) is 6.07 Å². The van der Waals surface area contributed by atoms with Crippen LogP contribution in [0.5, 0.6) is 11.5 Å². The Bertz CT molecular complexity index is 1430. The standard InChI is InChI=1S/C22H16BrF3N2O5S/c1-10-9-27-22(30)11-4-15(23)21(29)20(5-11)34(31,32)28-18-7-13(16(25)8-17(18)26)14-6-12(24)2-3-19(14)33-10/h2-8,10,28-29H,9H2,1H3,(H,27,30)/t10-/m0/s1. The first kappa shape index (κ1) is 23.9. The topological polar surface area (TPSA) is 105 Å². The monoisotopic (exact) mass is 556 g/mol. The fraction of sp³-hybridized carbons (Fsp3) is 0.136. The highest BCUT2D eigenvalue weighted by Gasteiger charge is 2.26. The molecule has 4 rings (SSSR count). The third kappa shape index (κ3) is 4.55. The number of fused-ring (bicyclic) bond motifs is 6. The summed E-state index contributed by atoms with van der Waals surface area (Å²) in [7, 11) is -4.66. The molecule has 1 atom stereocenters. The van der Waals surface area contributed by atoms with Gasteiger partial charge in [0.15, 0.2) is 0 Å². The number of hydrogen-bond acceptors (Lipinski definition) is 5. The maximum absolute atomic E-state index is 14.7. The minimum absolute atomic E-state index is 0.0262. The van der Waals surface area contributed by atoms with E-state index in [1.165, 1.54) is 12.1 Å². The summed E-state index contributed by atoms with van der Waals surface area (Å²) in [5.41, 5.74) is -1.22. The highest BCUT2D eigenvalue weighted by molar-refractivity contribution is 9.10. The molecular formula is C22H16BrF3N2O5S.